The van der Waals surface area contributed by atoms with Crippen LogP contribution in [0.15, 0.2) is 0 Å². The van der Waals surface area contributed by atoms with Crippen LogP contribution >= 0.6 is 0 Å². The Morgan fingerprint density at radius 2 is 2.00 bits per heavy atom. The average Bonchev–Trinajstić information content (AvgIpc) is 1.89. The van der Waals surface area contributed by atoms with Crippen molar-refractivity contribution in [2.75, 3.05) is 13.3 Å². The van der Waals surface area contributed by atoms with Crippen molar-refractivity contribution in [3.05, 3.63) is 0 Å². The molecule has 0 aliphatic heterocycles. The van der Waals surface area contributed by atoms with Gasteiger partial charge in [-0.15, -0.1) is 0 Å². The van der Waals surface area contributed by atoms with Crippen LogP contribution in [0.25, 0.3) is 0 Å². The second-order valence-corrected chi connectivity index (χ2v) is 2.19. The summed E-state index contributed by atoms with van der Waals surface area (Å²) < 4.78 is 11.4. The third-order valence-electron chi connectivity index (χ3n) is 1.30. The maximum Gasteiger partial charge on any atom is 0.140 e. The molecule has 0 bridgehead atoms. The highest BCUT2D eigenvalue weighted by Gasteiger charge is 1.85. The van der Waals surface area contributed by atoms with E-state index in [0.29, 0.717) is 0 Å². The first-order valence-electron chi connectivity index (χ1n) is 3.68. The minimum absolute atomic E-state index is 0.383. The van der Waals surface area contributed by atoms with Crippen LogP contribution in [0.4, 0.5) is 4.39 Å². The normalized spacial score (nSPS) is 10.0. The Labute approximate surface area is 56.6 Å². The second-order valence-electron chi connectivity index (χ2n) is 2.19. The topological polar surface area (TPSA) is 12.0 Å². The van der Waals surface area contributed by atoms with Crippen molar-refractivity contribution in [2.45, 2.75) is 32.6 Å². The van der Waals surface area contributed by atoms with Crippen molar-refractivity contribution in [1.82, 2.24) is 5.32 Å². The molecule has 0 aliphatic carbocycles. The van der Waals surface area contributed by atoms with Crippen molar-refractivity contribution in [3.63, 3.8) is 0 Å². The number of unbranched alkanes of at least 4 members (excludes halogenated alkanes) is 3. The fourth-order valence-electron chi connectivity index (χ4n) is 0.744. The summed E-state index contributed by atoms with van der Waals surface area (Å²) in [5.74, 6) is 0. The molecule has 0 aromatic rings. The van der Waals surface area contributed by atoms with E-state index in [2.05, 4.69) is 12.2 Å². The zero-order chi connectivity index (χ0) is 6.95. The van der Waals surface area contributed by atoms with Crippen LogP contribution in [0.5, 0.6) is 0 Å². The van der Waals surface area contributed by atoms with Gasteiger partial charge in [0.05, 0.1) is 0 Å². The quantitative estimate of drug-likeness (QED) is 0.432. The minimum atomic E-state index is -0.383. The molecule has 1 nitrogen and oxygen atoms in total. The fraction of sp³-hybridized carbons (Fsp3) is 1.00. The summed E-state index contributed by atoms with van der Waals surface area (Å²) >= 11 is 0. The molecule has 0 atom stereocenters. The van der Waals surface area contributed by atoms with Crippen molar-refractivity contribution in [1.29, 1.82) is 0 Å². The van der Waals surface area contributed by atoms with Crippen molar-refractivity contribution in [2.24, 2.45) is 0 Å². The first kappa shape index (κ1) is 8.89. The van der Waals surface area contributed by atoms with E-state index in [0.717, 1.165) is 13.0 Å². The largest absolute Gasteiger partial charge is 0.290 e. The molecule has 2 heteroatoms. The van der Waals surface area contributed by atoms with E-state index in [1.54, 1.807) is 0 Å². The van der Waals surface area contributed by atoms with E-state index in [1.807, 2.05) is 0 Å². The van der Waals surface area contributed by atoms with Gasteiger partial charge >= 0.3 is 0 Å². The highest BCUT2D eigenvalue weighted by molar-refractivity contribution is 4.42. The van der Waals surface area contributed by atoms with E-state index < -0.39 is 0 Å². The van der Waals surface area contributed by atoms with Crippen LogP contribution < -0.4 is 5.32 Å². The Balaban J connectivity index is 2.60. The van der Waals surface area contributed by atoms with E-state index in [-0.39, 0.29) is 6.80 Å². The van der Waals surface area contributed by atoms with Crippen molar-refractivity contribution < 1.29 is 4.39 Å². The molecule has 0 saturated heterocycles. The van der Waals surface area contributed by atoms with Gasteiger partial charge in [0.1, 0.15) is 6.80 Å². The number of hydrogen-bond donors (Lipinski definition) is 1. The highest BCUT2D eigenvalue weighted by Crippen LogP contribution is 1.96. The van der Waals surface area contributed by atoms with E-state index in [9.17, 15) is 4.39 Å². The molecular weight excluding hydrogens is 117 g/mol. The van der Waals surface area contributed by atoms with Gasteiger partial charge in [0, 0.05) is 0 Å². The van der Waals surface area contributed by atoms with Gasteiger partial charge in [-0.25, -0.2) is 4.39 Å². The molecule has 1 N–H and O–H groups in total. The van der Waals surface area contributed by atoms with Crippen LogP contribution in [0.3, 0.4) is 0 Å². The van der Waals surface area contributed by atoms with Crippen LogP contribution in [-0.2, 0) is 0 Å². The summed E-state index contributed by atoms with van der Waals surface area (Å²) in [6, 6.07) is 0. The Bertz CT molecular complexity index is 42.2. The Morgan fingerprint density at radius 3 is 2.56 bits per heavy atom. The van der Waals surface area contributed by atoms with E-state index in [1.165, 1.54) is 19.3 Å². The number of hydrogen-bond acceptors (Lipinski definition) is 1. The predicted molar refractivity (Wildman–Crippen MR) is 38.1 cm³/mol. The molecule has 0 spiro atoms. The van der Waals surface area contributed by atoms with Gasteiger partial charge in [0.25, 0.3) is 0 Å². The lowest BCUT2D eigenvalue weighted by Gasteiger charge is -1.97. The van der Waals surface area contributed by atoms with Crippen molar-refractivity contribution >= 4 is 0 Å². The van der Waals surface area contributed by atoms with Crippen LogP contribution in [-0.4, -0.2) is 13.3 Å². The summed E-state index contributed by atoms with van der Waals surface area (Å²) in [7, 11) is 0. The first-order chi connectivity index (χ1) is 4.41. The Morgan fingerprint density at radius 1 is 1.22 bits per heavy atom. The molecule has 0 aromatic carbocycles. The molecule has 0 amide bonds. The lowest BCUT2D eigenvalue weighted by atomic mass is 10.2. The van der Waals surface area contributed by atoms with Gasteiger partial charge in [-0.1, -0.05) is 26.2 Å². The minimum Gasteiger partial charge on any atom is -0.290 e. The van der Waals surface area contributed by atoms with Crippen LogP contribution in [0, 0.1) is 0 Å². The van der Waals surface area contributed by atoms with Crippen molar-refractivity contribution in [3.8, 4) is 0 Å². The summed E-state index contributed by atoms with van der Waals surface area (Å²) in [4.78, 5) is 0. The molecule has 0 saturated carbocycles. The summed E-state index contributed by atoms with van der Waals surface area (Å²) in [5, 5.41) is 2.64. The number of nitrogens with one attached hydrogen (secondary N) is 1. The molecular formula is C7H16FN. The lowest BCUT2D eigenvalue weighted by molar-refractivity contribution is 0.419. The summed E-state index contributed by atoms with van der Waals surface area (Å²) in [6.45, 7) is 2.62. The van der Waals surface area contributed by atoms with E-state index in [4.69, 9.17) is 0 Å². The van der Waals surface area contributed by atoms with Crippen LogP contribution in [0.2, 0.25) is 0 Å². The predicted octanol–water partition coefficient (Wildman–Crippen LogP) is 2.08. The molecule has 0 radical (unpaired) electrons. The molecule has 0 aromatic heterocycles. The number of rotatable bonds is 6. The Hall–Kier alpha value is -0.110. The third kappa shape index (κ3) is 7.89. The second kappa shape index (κ2) is 7.89. The molecule has 56 valence electrons. The fourth-order valence-corrected chi connectivity index (χ4v) is 0.744. The zero-order valence-electron chi connectivity index (χ0n) is 6.12. The van der Waals surface area contributed by atoms with Gasteiger partial charge in [-0.3, -0.25) is 5.32 Å². The summed E-state index contributed by atoms with van der Waals surface area (Å²) in [6.07, 6.45) is 4.85. The SMILES string of the molecule is CCCCCCNCF. The maximum absolute atomic E-state index is 11.4. The van der Waals surface area contributed by atoms with Gasteiger partial charge in [-0.05, 0) is 13.0 Å². The molecule has 9 heavy (non-hydrogen) atoms. The molecule has 0 aliphatic rings. The Kier molecular flexibility index (Phi) is 7.79. The monoisotopic (exact) mass is 133 g/mol. The highest BCUT2D eigenvalue weighted by atomic mass is 19.1. The molecule has 0 rings (SSSR count). The maximum atomic E-state index is 11.4. The van der Waals surface area contributed by atoms with Gasteiger partial charge < -0.3 is 0 Å². The first-order valence-corrected chi connectivity index (χ1v) is 3.68. The zero-order valence-corrected chi connectivity index (χ0v) is 6.12. The summed E-state index contributed by atoms with van der Waals surface area (Å²) in [5.41, 5.74) is 0. The van der Waals surface area contributed by atoms with Gasteiger partial charge in [0.15, 0.2) is 0 Å². The molecule has 0 heterocycles. The van der Waals surface area contributed by atoms with Gasteiger partial charge in [0.2, 0.25) is 0 Å². The van der Waals surface area contributed by atoms with Gasteiger partial charge in [-0.2, -0.15) is 0 Å². The molecule has 0 unspecified atom stereocenters. The van der Waals surface area contributed by atoms with Crippen LogP contribution in [0.1, 0.15) is 32.6 Å². The lowest BCUT2D eigenvalue weighted by Crippen LogP contribution is -2.12. The third-order valence-corrected chi connectivity index (χ3v) is 1.30. The number of halogens is 1. The molecule has 0 fully saturated rings. The standard InChI is InChI=1S/C7H16FN/c1-2-3-4-5-6-9-7-8/h9H,2-7H2,1H3. The average molecular weight is 133 g/mol. The van der Waals surface area contributed by atoms with E-state index >= 15 is 0 Å². The smallest absolute Gasteiger partial charge is 0.140 e. The number of alkyl halides is 1.